The van der Waals surface area contributed by atoms with Crippen molar-refractivity contribution in [2.24, 2.45) is 0 Å². The molecule has 1 N–H and O–H groups in total. The third-order valence-corrected chi connectivity index (χ3v) is 2.71. The quantitative estimate of drug-likeness (QED) is 0.664. The molecule has 1 aromatic carbocycles. The summed E-state index contributed by atoms with van der Waals surface area (Å²) in [5.74, 6) is -1.54. The Kier molecular flexibility index (Phi) is 3.79. The molecule has 0 spiro atoms. The molecule has 0 fully saturated rings. The molecule has 0 unspecified atom stereocenters. The van der Waals surface area contributed by atoms with Crippen LogP contribution in [0.4, 0.5) is 5.69 Å². The number of carboxylic acid groups (broad SMARTS) is 1. The number of aromatic nitrogens is 1. The highest BCUT2D eigenvalue weighted by Crippen LogP contribution is 2.30. The number of hydrogen-bond donors (Lipinski definition) is 1. The molecule has 0 saturated heterocycles. The van der Waals surface area contributed by atoms with Gasteiger partial charge >= 0.3 is 5.97 Å². The summed E-state index contributed by atoms with van der Waals surface area (Å²) in [6.07, 6.45) is 1.13. The van der Waals surface area contributed by atoms with E-state index in [2.05, 4.69) is 4.98 Å². The summed E-state index contributed by atoms with van der Waals surface area (Å²) in [7, 11) is 0. The van der Waals surface area contributed by atoms with Crippen LogP contribution in [0.5, 0.6) is 0 Å². The minimum atomic E-state index is -1.23. The fourth-order valence-corrected chi connectivity index (χ4v) is 1.85. The third kappa shape index (κ3) is 2.51. The summed E-state index contributed by atoms with van der Waals surface area (Å²) in [6.45, 7) is 1.88. The van der Waals surface area contributed by atoms with Crippen LogP contribution in [0.1, 0.15) is 29.6 Å². The molecule has 0 aliphatic heterocycles. The molecule has 2 aromatic rings. The summed E-state index contributed by atoms with van der Waals surface area (Å²) < 4.78 is 5.19. The Balaban J connectivity index is 2.56. The maximum absolute atomic E-state index is 11.1. The maximum atomic E-state index is 11.1. The first-order chi connectivity index (χ1) is 9.54. The Bertz CT molecular complexity index is 663. The van der Waals surface area contributed by atoms with Gasteiger partial charge in [-0.15, -0.1) is 0 Å². The summed E-state index contributed by atoms with van der Waals surface area (Å²) in [4.78, 5) is 25.6. The molecule has 20 heavy (non-hydrogen) atoms. The molecule has 2 rings (SSSR count). The Morgan fingerprint density at radius 2 is 2.15 bits per heavy atom. The van der Waals surface area contributed by atoms with Crippen molar-refractivity contribution in [3.63, 3.8) is 0 Å². The van der Waals surface area contributed by atoms with Crippen LogP contribution in [0.15, 0.2) is 28.7 Å². The van der Waals surface area contributed by atoms with E-state index in [9.17, 15) is 14.9 Å². The fraction of sp³-hybridized carbons (Fsp3) is 0.231. The van der Waals surface area contributed by atoms with Crippen LogP contribution in [0.3, 0.4) is 0 Å². The van der Waals surface area contributed by atoms with Crippen LogP contribution >= 0.6 is 0 Å². The molecule has 7 nitrogen and oxygen atoms in total. The van der Waals surface area contributed by atoms with Gasteiger partial charge in [-0.05, 0) is 12.5 Å². The van der Waals surface area contributed by atoms with E-state index in [1.807, 2.05) is 6.92 Å². The lowest BCUT2D eigenvalue weighted by molar-refractivity contribution is -0.384. The summed E-state index contributed by atoms with van der Waals surface area (Å²) in [5, 5.41) is 20.0. The van der Waals surface area contributed by atoms with Gasteiger partial charge in [0.25, 0.3) is 5.69 Å². The average molecular weight is 276 g/mol. The summed E-state index contributed by atoms with van der Waals surface area (Å²) in [6, 6.07) is 5.92. The molecule has 104 valence electrons. The zero-order valence-corrected chi connectivity index (χ0v) is 10.7. The second-order valence-electron chi connectivity index (χ2n) is 4.12. The van der Waals surface area contributed by atoms with E-state index in [0.717, 1.165) is 0 Å². The van der Waals surface area contributed by atoms with Crippen molar-refractivity contribution in [3.8, 4) is 11.5 Å². The number of rotatable bonds is 5. The molecule has 0 aliphatic rings. The SMILES string of the molecule is CCCc1nc(-c2ccccc2[N+](=O)[O-])oc1C(=O)O. The van der Waals surface area contributed by atoms with E-state index in [-0.39, 0.29) is 22.9 Å². The van der Waals surface area contributed by atoms with Gasteiger partial charge in [0.15, 0.2) is 0 Å². The van der Waals surface area contributed by atoms with E-state index < -0.39 is 10.9 Å². The predicted molar refractivity (Wildman–Crippen MR) is 69.5 cm³/mol. The largest absolute Gasteiger partial charge is 0.475 e. The van der Waals surface area contributed by atoms with Crippen LogP contribution in [0.25, 0.3) is 11.5 Å². The van der Waals surface area contributed by atoms with Crippen LogP contribution in [-0.2, 0) is 6.42 Å². The van der Waals surface area contributed by atoms with Gasteiger partial charge in [0.1, 0.15) is 5.56 Å². The van der Waals surface area contributed by atoms with E-state index in [1.54, 1.807) is 6.07 Å². The number of para-hydroxylation sites is 1. The first kappa shape index (κ1) is 13.7. The van der Waals surface area contributed by atoms with Crippen molar-refractivity contribution in [3.05, 3.63) is 45.8 Å². The van der Waals surface area contributed by atoms with Gasteiger partial charge in [-0.1, -0.05) is 25.5 Å². The molecule has 0 aliphatic carbocycles. The van der Waals surface area contributed by atoms with Crippen LogP contribution < -0.4 is 0 Å². The fourth-order valence-electron chi connectivity index (χ4n) is 1.85. The van der Waals surface area contributed by atoms with Crippen LogP contribution in [-0.4, -0.2) is 21.0 Å². The molecule has 1 aromatic heterocycles. The molecular weight excluding hydrogens is 264 g/mol. The molecule has 0 amide bonds. The van der Waals surface area contributed by atoms with Gasteiger partial charge in [-0.3, -0.25) is 10.1 Å². The molecule has 7 heteroatoms. The van der Waals surface area contributed by atoms with Crippen molar-refractivity contribution in [1.29, 1.82) is 0 Å². The highest BCUT2D eigenvalue weighted by atomic mass is 16.6. The predicted octanol–water partition coefficient (Wildman–Crippen LogP) is 2.90. The minimum absolute atomic E-state index is 0.0434. The Labute approximate surface area is 114 Å². The van der Waals surface area contributed by atoms with E-state index in [1.165, 1.54) is 18.2 Å². The van der Waals surface area contributed by atoms with E-state index >= 15 is 0 Å². The number of benzene rings is 1. The summed E-state index contributed by atoms with van der Waals surface area (Å²) in [5.41, 5.74) is 0.296. The lowest BCUT2D eigenvalue weighted by Crippen LogP contribution is -1.99. The van der Waals surface area contributed by atoms with Crippen molar-refractivity contribution < 1.29 is 19.2 Å². The molecule has 0 atom stereocenters. The van der Waals surface area contributed by atoms with Gasteiger partial charge < -0.3 is 9.52 Å². The number of nitro benzene ring substituents is 1. The number of nitro groups is 1. The van der Waals surface area contributed by atoms with Crippen LogP contribution in [0, 0.1) is 10.1 Å². The number of carboxylic acids is 1. The maximum Gasteiger partial charge on any atom is 0.373 e. The van der Waals surface area contributed by atoms with Crippen molar-refractivity contribution >= 4 is 11.7 Å². The smallest absolute Gasteiger partial charge is 0.373 e. The van der Waals surface area contributed by atoms with Crippen molar-refractivity contribution in [2.45, 2.75) is 19.8 Å². The molecular formula is C13H12N2O5. The number of nitrogens with zero attached hydrogens (tertiary/aromatic N) is 2. The highest BCUT2D eigenvalue weighted by molar-refractivity contribution is 5.86. The van der Waals surface area contributed by atoms with Gasteiger partial charge in [0.05, 0.1) is 10.6 Å². The number of oxazole rings is 1. The van der Waals surface area contributed by atoms with E-state index in [4.69, 9.17) is 9.52 Å². The lowest BCUT2D eigenvalue weighted by Gasteiger charge is -1.97. The minimum Gasteiger partial charge on any atom is -0.475 e. The average Bonchev–Trinajstić information content (AvgIpc) is 2.83. The topological polar surface area (TPSA) is 106 Å². The first-order valence-electron chi connectivity index (χ1n) is 6.01. The second-order valence-corrected chi connectivity index (χ2v) is 4.12. The van der Waals surface area contributed by atoms with E-state index in [0.29, 0.717) is 18.5 Å². The van der Waals surface area contributed by atoms with Crippen molar-refractivity contribution in [1.82, 2.24) is 4.98 Å². The number of aryl methyl sites for hydroxylation is 1. The van der Waals surface area contributed by atoms with Gasteiger partial charge in [-0.2, -0.15) is 0 Å². The highest BCUT2D eigenvalue weighted by Gasteiger charge is 2.24. The van der Waals surface area contributed by atoms with Crippen LogP contribution in [0.2, 0.25) is 0 Å². The number of hydrogen-bond acceptors (Lipinski definition) is 5. The Hall–Kier alpha value is -2.70. The summed E-state index contributed by atoms with van der Waals surface area (Å²) >= 11 is 0. The molecule has 0 radical (unpaired) electrons. The monoisotopic (exact) mass is 276 g/mol. The van der Waals surface area contributed by atoms with Gasteiger partial charge in [0.2, 0.25) is 11.7 Å². The number of carbonyl (C=O) groups is 1. The van der Waals surface area contributed by atoms with Crippen molar-refractivity contribution in [2.75, 3.05) is 0 Å². The molecule has 0 bridgehead atoms. The zero-order chi connectivity index (χ0) is 14.7. The lowest BCUT2D eigenvalue weighted by atomic mass is 10.2. The second kappa shape index (κ2) is 5.52. The zero-order valence-electron chi connectivity index (χ0n) is 10.7. The van der Waals surface area contributed by atoms with Gasteiger partial charge in [-0.25, -0.2) is 9.78 Å². The first-order valence-corrected chi connectivity index (χ1v) is 6.01. The van der Waals surface area contributed by atoms with Gasteiger partial charge in [0, 0.05) is 6.07 Å². The Morgan fingerprint density at radius 1 is 1.45 bits per heavy atom. The molecule has 0 saturated carbocycles. The normalized spacial score (nSPS) is 10.4. The standard InChI is InChI=1S/C13H12N2O5/c1-2-5-9-11(13(16)17)20-12(14-9)8-6-3-4-7-10(8)15(18)19/h3-4,6-7H,2,5H2,1H3,(H,16,17). The molecule has 1 heterocycles. The third-order valence-electron chi connectivity index (χ3n) is 2.71. The Morgan fingerprint density at radius 3 is 2.75 bits per heavy atom. The number of aromatic carboxylic acids is 1.